The summed E-state index contributed by atoms with van der Waals surface area (Å²) >= 11 is 0. The van der Waals surface area contributed by atoms with Crippen LogP contribution in [0.2, 0.25) is 0 Å². The second-order valence-electron chi connectivity index (χ2n) is 7.85. The molecule has 1 aromatic rings. The van der Waals surface area contributed by atoms with Crippen LogP contribution >= 0.6 is 10.7 Å². The fourth-order valence-corrected chi connectivity index (χ4v) is 5.13. The second-order valence-corrected chi connectivity index (χ2v) is 10.4. The largest absolute Gasteiger partial charge is 0.416 e. The van der Waals surface area contributed by atoms with Gasteiger partial charge in [-0.3, -0.25) is 9.59 Å². The van der Waals surface area contributed by atoms with Crippen LogP contribution in [-0.4, -0.2) is 55.1 Å². The molecular weight excluding hydrogens is 478 g/mol. The first-order chi connectivity index (χ1) is 14.9. The monoisotopic (exact) mass is 499 g/mol. The van der Waals surface area contributed by atoms with Gasteiger partial charge >= 0.3 is 6.18 Å². The van der Waals surface area contributed by atoms with Gasteiger partial charge in [0.25, 0.3) is 9.24 Å². The third-order valence-corrected chi connectivity index (χ3v) is 7.25. The van der Waals surface area contributed by atoms with Crippen molar-refractivity contribution in [1.29, 1.82) is 0 Å². The summed E-state index contributed by atoms with van der Waals surface area (Å²) in [5, 5.41) is 2.48. The molecule has 32 heavy (non-hydrogen) atoms. The molecule has 0 aromatic heterocycles. The quantitative estimate of drug-likeness (QED) is 0.498. The fraction of sp³-hybridized carbons (Fsp3) is 0.579. The molecule has 0 aliphatic carbocycles. The first-order valence-electron chi connectivity index (χ1n) is 10.0. The van der Waals surface area contributed by atoms with Crippen LogP contribution in [0.4, 0.5) is 17.6 Å². The van der Waals surface area contributed by atoms with E-state index in [0.29, 0.717) is 38.3 Å². The van der Waals surface area contributed by atoms with Gasteiger partial charge in [0.2, 0.25) is 11.8 Å². The molecule has 2 aliphatic rings. The van der Waals surface area contributed by atoms with Crippen LogP contribution in [0, 0.1) is 11.7 Å². The Bertz CT molecular complexity index is 989. The highest BCUT2D eigenvalue weighted by atomic mass is 35.7. The molecule has 2 fully saturated rings. The topological polar surface area (TPSA) is 86.8 Å². The van der Waals surface area contributed by atoms with Crippen molar-refractivity contribution < 1.29 is 35.6 Å². The third kappa shape index (κ3) is 5.70. The molecule has 0 spiro atoms. The minimum absolute atomic E-state index is 0.0632. The van der Waals surface area contributed by atoms with Gasteiger partial charge < -0.3 is 10.2 Å². The molecule has 2 atom stereocenters. The standard InChI is InChI=1S/C19H22ClF4N3O4S/c20-32(30,31)26-7-1-3-13(11-26)18(29)27-8-2-4-16(27)17(28)25-10-12-5-6-14(9-15(12)21)19(22,23)24/h5-6,9,13,16H,1-4,7-8,10-11H2,(H,25,28). The molecule has 0 saturated carbocycles. The average molecular weight is 500 g/mol. The normalized spacial score (nSPS) is 22.7. The SMILES string of the molecule is O=C(NCc1ccc(C(F)(F)F)cc1F)C1CCCN1C(=O)C1CCCN(S(=O)(=O)Cl)C1. The van der Waals surface area contributed by atoms with Crippen molar-refractivity contribution in [3.8, 4) is 0 Å². The Morgan fingerprint density at radius 2 is 1.84 bits per heavy atom. The van der Waals surface area contributed by atoms with Crippen molar-refractivity contribution in [1.82, 2.24) is 14.5 Å². The van der Waals surface area contributed by atoms with E-state index in [4.69, 9.17) is 10.7 Å². The highest BCUT2D eigenvalue weighted by Gasteiger charge is 2.40. The van der Waals surface area contributed by atoms with Crippen LogP contribution in [0.25, 0.3) is 0 Å². The van der Waals surface area contributed by atoms with Gasteiger partial charge in [-0.2, -0.15) is 25.9 Å². The van der Waals surface area contributed by atoms with Crippen molar-refractivity contribution in [2.45, 2.75) is 44.4 Å². The van der Waals surface area contributed by atoms with Gasteiger partial charge in [0.05, 0.1) is 11.5 Å². The average Bonchev–Trinajstić information content (AvgIpc) is 3.21. The molecule has 13 heteroatoms. The van der Waals surface area contributed by atoms with E-state index in [2.05, 4.69) is 5.32 Å². The van der Waals surface area contributed by atoms with Gasteiger partial charge in [-0.25, -0.2) is 4.39 Å². The molecule has 2 unspecified atom stereocenters. The lowest BCUT2D eigenvalue weighted by molar-refractivity contribution is -0.142. The maximum absolute atomic E-state index is 14.0. The van der Waals surface area contributed by atoms with Crippen LogP contribution in [0.1, 0.15) is 36.8 Å². The first-order valence-corrected chi connectivity index (χ1v) is 12.3. The summed E-state index contributed by atoms with van der Waals surface area (Å²) < 4.78 is 76.2. The van der Waals surface area contributed by atoms with Crippen LogP contribution in [0.15, 0.2) is 18.2 Å². The van der Waals surface area contributed by atoms with E-state index < -0.39 is 44.7 Å². The number of amides is 2. The van der Waals surface area contributed by atoms with Gasteiger partial charge in [0.15, 0.2) is 0 Å². The molecule has 2 saturated heterocycles. The fourth-order valence-electron chi connectivity index (χ4n) is 4.05. The lowest BCUT2D eigenvalue weighted by Gasteiger charge is -2.33. The number of piperidine rings is 1. The Hall–Kier alpha value is -1.92. The van der Waals surface area contributed by atoms with E-state index in [9.17, 15) is 35.6 Å². The maximum Gasteiger partial charge on any atom is 0.416 e. The van der Waals surface area contributed by atoms with Gasteiger partial charge in [0, 0.05) is 42.4 Å². The molecule has 7 nitrogen and oxygen atoms in total. The van der Waals surface area contributed by atoms with E-state index in [1.165, 1.54) is 4.90 Å². The van der Waals surface area contributed by atoms with Crippen LogP contribution in [-0.2, 0) is 31.5 Å². The highest BCUT2D eigenvalue weighted by Crippen LogP contribution is 2.30. The van der Waals surface area contributed by atoms with E-state index in [1.54, 1.807) is 0 Å². The molecule has 1 aromatic carbocycles. The summed E-state index contributed by atoms with van der Waals surface area (Å²) in [4.78, 5) is 27.0. The zero-order chi connectivity index (χ0) is 23.7. The Balaban J connectivity index is 1.62. The lowest BCUT2D eigenvalue weighted by atomic mass is 9.97. The van der Waals surface area contributed by atoms with Gasteiger partial charge in [0.1, 0.15) is 11.9 Å². The minimum Gasteiger partial charge on any atom is -0.350 e. The second kappa shape index (κ2) is 9.52. The van der Waals surface area contributed by atoms with E-state index in [0.717, 1.165) is 16.4 Å². The third-order valence-electron chi connectivity index (χ3n) is 5.71. The van der Waals surface area contributed by atoms with Crippen LogP contribution in [0.5, 0.6) is 0 Å². The van der Waals surface area contributed by atoms with Gasteiger partial charge in [-0.15, -0.1) is 0 Å². The minimum atomic E-state index is -4.68. The lowest BCUT2D eigenvalue weighted by Crippen LogP contribution is -2.50. The van der Waals surface area contributed by atoms with Gasteiger partial charge in [-0.1, -0.05) is 6.07 Å². The molecule has 0 bridgehead atoms. The van der Waals surface area contributed by atoms with E-state index in [1.807, 2.05) is 0 Å². The number of hydrogen-bond donors (Lipinski definition) is 1. The van der Waals surface area contributed by atoms with Crippen molar-refractivity contribution in [2.24, 2.45) is 5.92 Å². The van der Waals surface area contributed by atoms with Gasteiger partial charge in [-0.05, 0) is 37.8 Å². The first kappa shape index (κ1) is 24.7. The van der Waals surface area contributed by atoms with E-state index >= 15 is 0 Å². The summed E-state index contributed by atoms with van der Waals surface area (Å²) in [5.41, 5.74) is -1.24. The molecule has 1 N–H and O–H groups in total. The number of halogens is 5. The van der Waals surface area contributed by atoms with Crippen molar-refractivity contribution >= 4 is 31.7 Å². The number of benzene rings is 1. The Morgan fingerprint density at radius 1 is 1.16 bits per heavy atom. The Morgan fingerprint density at radius 3 is 2.47 bits per heavy atom. The summed E-state index contributed by atoms with van der Waals surface area (Å²) in [6.45, 7) is 0.142. The Kier molecular flexibility index (Phi) is 7.35. The highest BCUT2D eigenvalue weighted by molar-refractivity contribution is 8.11. The summed E-state index contributed by atoms with van der Waals surface area (Å²) in [6.07, 6.45) is -2.82. The maximum atomic E-state index is 14.0. The number of nitrogens with zero attached hydrogens (tertiary/aromatic N) is 2. The summed E-state index contributed by atoms with van der Waals surface area (Å²) in [5.74, 6) is -2.62. The van der Waals surface area contributed by atoms with Crippen LogP contribution < -0.4 is 5.32 Å². The molecular formula is C19H22ClF4N3O4S. The number of likely N-dealkylation sites (tertiary alicyclic amines) is 1. The number of carbonyl (C=O) groups is 2. The summed E-state index contributed by atoms with van der Waals surface area (Å²) in [6, 6.07) is 1.24. The van der Waals surface area contributed by atoms with E-state index in [-0.39, 0.29) is 31.1 Å². The number of nitrogens with one attached hydrogen (secondary N) is 1. The summed E-state index contributed by atoms with van der Waals surface area (Å²) in [7, 11) is 1.43. The number of carbonyl (C=O) groups excluding carboxylic acids is 2. The molecule has 178 valence electrons. The molecule has 2 aliphatic heterocycles. The predicted molar refractivity (Wildman–Crippen MR) is 107 cm³/mol. The molecule has 0 radical (unpaired) electrons. The number of rotatable bonds is 5. The zero-order valence-electron chi connectivity index (χ0n) is 16.9. The molecule has 2 heterocycles. The van der Waals surface area contributed by atoms with Crippen molar-refractivity contribution in [3.05, 3.63) is 35.1 Å². The smallest absolute Gasteiger partial charge is 0.350 e. The van der Waals surface area contributed by atoms with Crippen LogP contribution in [0.3, 0.4) is 0 Å². The number of hydrogen-bond acceptors (Lipinski definition) is 4. The van der Waals surface area contributed by atoms with Crippen molar-refractivity contribution in [2.75, 3.05) is 19.6 Å². The van der Waals surface area contributed by atoms with Crippen molar-refractivity contribution in [3.63, 3.8) is 0 Å². The molecule has 2 amide bonds. The molecule has 3 rings (SSSR count). The number of alkyl halides is 3. The zero-order valence-corrected chi connectivity index (χ0v) is 18.4. The predicted octanol–water partition coefficient (Wildman–Crippen LogP) is 2.65. The Labute approximate surface area is 187 Å².